The van der Waals surface area contributed by atoms with Crippen molar-refractivity contribution >= 4 is 21.5 Å². The zero-order valence-electron chi connectivity index (χ0n) is 21.4. The number of hydrogen-bond acceptors (Lipinski definition) is 1. The average Bonchev–Trinajstić information content (AvgIpc) is 3.25. The van der Waals surface area contributed by atoms with Crippen molar-refractivity contribution in [3.63, 3.8) is 0 Å². The zero-order chi connectivity index (χ0) is 24.3. The minimum Gasteiger partial charge on any atom is -0.353 e. The minimum atomic E-state index is 0.0862. The Labute approximate surface area is 203 Å². The van der Waals surface area contributed by atoms with Gasteiger partial charge in [-0.25, -0.2) is 0 Å². The topological polar surface area (TPSA) is 28.7 Å². The minimum absolute atomic E-state index is 0.0862. The molecule has 0 fully saturated rings. The molecular weight excluding hydrogens is 412 g/mol. The number of benzene rings is 3. The summed E-state index contributed by atoms with van der Waals surface area (Å²) in [5, 5.41) is 5.11. The Bertz CT molecular complexity index is 1520. The van der Waals surface area contributed by atoms with E-state index in [0.29, 0.717) is 0 Å². The van der Waals surface area contributed by atoms with Crippen molar-refractivity contribution in [2.75, 3.05) is 0 Å². The molecule has 2 heterocycles. The van der Waals surface area contributed by atoms with E-state index in [1.165, 1.54) is 43.8 Å². The number of fused-ring (bicyclic) bond motifs is 2. The summed E-state index contributed by atoms with van der Waals surface area (Å²) in [5.41, 5.74) is 8.51. The standard InChI is InChI=1S/C32H34N2/c1-20-14-15-33-29(16-20)27-12-13-28(34-27)30-25-11-10-23(31(2,3)4)18-22(25)17-21-8-9-24(19-26(21)30)32(5,6)7/h8-19,34H,1-7H3. The van der Waals surface area contributed by atoms with E-state index in [9.17, 15) is 0 Å². The molecule has 2 heteroatoms. The van der Waals surface area contributed by atoms with E-state index in [2.05, 4.69) is 119 Å². The quantitative estimate of drug-likeness (QED) is 0.269. The molecule has 0 saturated heterocycles. The Morgan fingerprint density at radius 2 is 1.29 bits per heavy atom. The molecule has 3 aromatic carbocycles. The fraction of sp³-hybridized carbons (Fsp3) is 0.281. The molecule has 2 aromatic heterocycles. The van der Waals surface area contributed by atoms with E-state index in [0.717, 1.165) is 17.1 Å². The summed E-state index contributed by atoms with van der Waals surface area (Å²) >= 11 is 0. The van der Waals surface area contributed by atoms with Crippen LogP contribution in [0.1, 0.15) is 58.2 Å². The van der Waals surface area contributed by atoms with Crippen LogP contribution >= 0.6 is 0 Å². The van der Waals surface area contributed by atoms with Crippen molar-refractivity contribution in [3.8, 4) is 22.6 Å². The number of H-pyrrole nitrogens is 1. The molecule has 0 radical (unpaired) electrons. The molecule has 0 unspecified atom stereocenters. The van der Waals surface area contributed by atoms with Gasteiger partial charge in [0.15, 0.2) is 0 Å². The summed E-state index contributed by atoms with van der Waals surface area (Å²) in [6.45, 7) is 15.8. The third-order valence-corrected chi connectivity index (χ3v) is 6.83. The van der Waals surface area contributed by atoms with E-state index in [4.69, 9.17) is 0 Å². The molecule has 0 amide bonds. The largest absolute Gasteiger partial charge is 0.353 e. The van der Waals surface area contributed by atoms with Gasteiger partial charge < -0.3 is 4.98 Å². The van der Waals surface area contributed by atoms with Crippen LogP contribution in [0.3, 0.4) is 0 Å². The van der Waals surface area contributed by atoms with Crippen LogP contribution in [-0.4, -0.2) is 9.97 Å². The molecule has 172 valence electrons. The Hall–Kier alpha value is -3.39. The first-order valence-electron chi connectivity index (χ1n) is 12.1. The number of nitrogens with one attached hydrogen (secondary N) is 1. The maximum Gasteiger partial charge on any atom is 0.0867 e. The van der Waals surface area contributed by atoms with Crippen LogP contribution in [0.2, 0.25) is 0 Å². The summed E-state index contributed by atoms with van der Waals surface area (Å²) in [5.74, 6) is 0. The van der Waals surface area contributed by atoms with Gasteiger partial charge in [0.25, 0.3) is 0 Å². The second-order valence-corrected chi connectivity index (χ2v) is 11.6. The van der Waals surface area contributed by atoms with Crippen LogP contribution in [0.4, 0.5) is 0 Å². The van der Waals surface area contributed by atoms with Gasteiger partial charge in [-0.15, -0.1) is 0 Å². The first-order chi connectivity index (χ1) is 16.0. The van der Waals surface area contributed by atoms with Gasteiger partial charge in [0.05, 0.1) is 11.4 Å². The highest BCUT2D eigenvalue weighted by Gasteiger charge is 2.19. The third-order valence-electron chi connectivity index (χ3n) is 6.83. The highest BCUT2D eigenvalue weighted by Crippen LogP contribution is 2.40. The van der Waals surface area contributed by atoms with Crippen molar-refractivity contribution in [2.24, 2.45) is 0 Å². The molecule has 5 rings (SSSR count). The van der Waals surface area contributed by atoms with E-state index >= 15 is 0 Å². The fourth-order valence-electron chi connectivity index (χ4n) is 4.72. The summed E-state index contributed by atoms with van der Waals surface area (Å²) < 4.78 is 0. The van der Waals surface area contributed by atoms with Gasteiger partial charge >= 0.3 is 0 Å². The number of nitrogens with zero attached hydrogens (tertiary/aromatic N) is 1. The average molecular weight is 447 g/mol. The predicted molar refractivity (Wildman–Crippen MR) is 147 cm³/mol. The Kier molecular flexibility index (Phi) is 5.16. The lowest BCUT2D eigenvalue weighted by molar-refractivity contribution is 0.590. The highest BCUT2D eigenvalue weighted by atomic mass is 14.8. The number of aryl methyl sites for hydroxylation is 1. The number of pyridine rings is 1. The van der Waals surface area contributed by atoms with E-state index in [-0.39, 0.29) is 10.8 Å². The lowest BCUT2D eigenvalue weighted by Crippen LogP contribution is -2.11. The Morgan fingerprint density at radius 3 is 2.00 bits per heavy atom. The van der Waals surface area contributed by atoms with Crippen molar-refractivity contribution < 1.29 is 0 Å². The molecule has 2 nitrogen and oxygen atoms in total. The van der Waals surface area contributed by atoms with Crippen molar-refractivity contribution in [1.29, 1.82) is 0 Å². The molecule has 0 saturated carbocycles. The van der Waals surface area contributed by atoms with Crippen LogP contribution < -0.4 is 0 Å². The molecule has 0 aliphatic carbocycles. The smallest absolute Gasteiger partial charge is 0.0867 e. The number of aromatic amines is 1. The Balaban J connectivity index is 1.81. The second kappa shape index (κ2) is 7.84. The summed E-state index contributed by atoms with van der Waals surface area (Å²) in [4.78, 5) is 8.29. The molecule has 0 aliphatic heterocycles. The van der Waals surface area contributed by atoms with Gasteiger partial charge in [-0.3, -0.25) is 4.98 Å². The summed E-state index contributed by atoms with van der Waals surface area (Å²) in [6.07, 6.45) is 1.88. The van der Waals surface area contributed by atoms with E-state index in [1.807, 2.05) is 12.3 Å². The molecule has 1 N–H and O–H groups in total. The molecule has 0 spiro atoms. The molecule has 0 aliphatic rings. The van der Waals surface area contributed by atoms with Gasteiger partial charge in [-0.05, 0) is 92.4 Å². The van der Waals surface area contributed by atoms with Crippen LogP contribution in [-0.2, 0) is 10.8 Å². The summed E-state index contributed by atoms with van der Waals surface area (Å²) in [6, 6.07) is 24.8. The zero-order valence-corrected chi connectivity index (χ0v) is 21.4. The van der Waals surface area contributed by atoms with Crippen molar-refractivity contribution in [2.45, 2.75) is 59.3 Å². The van der Waals surface area contributed by atoms with Gasteiger partial charge in [0.2, 0.25) is 0 Å². The molecule has 0 bridgehead atoms. The van der Waals surface area contributed by atoms with Crippen molar-refractivity contribution in [1.82, 2.24) is 9.97 Å². The SMILES string of the molecule is Cc1ccnc(-c2ccc(-c3c4ccc(C(C)(C)C)cc4cc4ccc(C(C)(C)C)cc34)[nH]2)c1. The van der Waals surface area contributed by atoms with Crippen molar-refractivity contribution in [3.05, 3.63) is 89.6 Å². The maximum absolute atomic E-state index is 4.60. The Morgan fingerprint density at radius 1 is 0.618 bits per heavy atom. The van der Waals surface area contributed by atoms with Crippen LogP contribution in [0, 0.1) is 6.92 Å². The van der Waals surface area contributed by atoms with Gasteiger partial charge in [0, 0.05) is 17.5 Å². The number of aromatic nitrogens is 2. The number of rotatable bonds is 2. The molecule has 34 heavy (non-hydrogen) atoms. The number of hydrogen-bond donors (Lipinski definition) is 1. The first kappa shape index (κ1) is 22.4. The fourth-order valence-corrected chi connectivity index (χ4v) is 4.72. The second-order valence-electron chi connectivity index (χ2n) is 11.6. The van der Waals surface area contributed by atoms with Crippen LogP contribution in [0.5, 0.6) is 0 Å². The third kappa shape index (κ3) is 4.03. The van der Waals surface area contributed by atoms with Gasteiger partial charge in [-0.1, -0.05) is 71.9 Å². The van der Waals surface area contributed by atoms with Crippen LogP contribution in [0.15, 0.2) is 72.9 Å². The normalized spacial score (nSPS) is 12.6. The monoisotopic (exact) mass is 446 g/mol. The highest BCUT2D eigenvalue weighted by molar-refractivity contribution is 6.12. The van der Waals surface area contributed by atoms with E-state index in [1.54, 1.807) is 0 Å². The summed E-state index contributed by atoms with van der Waals surface area (Å²) in [7, 11) is 0. The molecule has 5 aromatic rings. The molecular formula is C32H34N2. The maximum atomic E-state index is 4.60. The van der Waals surface area contributed by atoms with Gasteiger partial charge in [-0.2, -0.15) is 0 Å². The molecule has 0 atom stereocenters. The first-order valence-corrected chi connectivity index (χ1v) is 12.1. The van der Waals surface area contributed by atoms with Crippen LogP contribution in [0.25, 0.3) is 44.2 Å². The van der Waals surface area contributed by atoms with Gasteiger partial charge in [0.1, 0.15) is 0 Å². The lowest BCUT2D eigenvalue weighted by atomic mass is 9.82. The predicted octanol–water partition coefficient (Wildman–Crippen LogP) is 8.95. The lowest BCUT2D eigenvalue weighted by Gasteiger charge is -2.22. The van der Waals surface area contributed by atoms with E-state index < -0.39 is 0 Å².